The Balaban J connectivity index is 3.83. The van der Waals surface area contributed by atoms with Crippen molar-refractivity contribution in [1.82, 2.24) is 10.6 Å². The van der Waals surface area contributed by atoms with Gasteiger partial charge < -0.3 is 15.7 Å². The third kappa shape index (κ3) is 6.47. The van der Waals surface area contributed by atoms with Crippen LogP contribution in [0.5, 0.6) is 0 Å². The van der Waals surface area contributed by atoms with E-state index in [1.807, 2.05) is 27.7 Å². The van der Waals surface area contributed by atoms with Crippen LogP contribution in [0.1, 0.15) is 34.6 Å². The maximum Gasteiger partial charge on any atom is 0.237 e. The largest absolute Gasteiger partial charge is 0.392 e. The number of nitrogens with one attached hydrogen (secondary N) is 2. The van der Waals surface area contributed by atoms with Crippen LogP contribution in [-0.2, 0) is 4.79 Å². The molecule has 2 atom stereocenters. The van der Waals surface area contributed by atoms with Crippen LogP contribution in [0.15, 0.2) is 0 Å². The Kier molecular flexibility index (Phi) is 6.52. The molecule has 4 nitrogen and oxygen atoms in total. The van der Waals surface area contributed by atoms with Gasteiger partial charge in [-0.25, -0.2) is 0 Å². The van der Waals surface area contributed by atoms with Crippen molar-refractivity contribution in [2.75, 3.05) is 6.54 Å². The van der Waals surface area contributed by atoms with Crippen LogP contribution >= 0.6 is 0 Å². The van der Waals surface area contributed by atoms with Crippen molar-refractivity contribution >= 4 is 5.91 Å². The van der Waals surface area contributed by atoms with Crippen molar-refractivity contribution in [3.63, 3.8) is 0 Å². The molecule has 15 heavy (non-hydrogen) atoms. The minimum Gasteiger partial charge on any atom is -0.392 e. The fourth-order valence-electron chi connectivity index (χ4n) is 1.04. The second kappa shape index (κ2) is 6.80. The molecule has 0 saturated heterocycles. The van der Waals surface area contributed by atoms with Crippen molar-refractivity contribution in [3.8, 4) is 0 Å². The molecule has 0 fully saturated rings. The minimum absolute atomic E-state index is 0.0269. The lowest BCUT2D eigenvalue weighted by Gasteiger charge is -2.19. The monoisotopic (exact) mass is 216 g/mol. The molecular weight excluding hydrogens is 192 g/mol. The van der Waals surface area contributed by atoms with Crippen LogP contribution < -0.4 is 10.6 Å². The zero-order valence-corrected chi connectivity index (χ0v) is 10.4. The zero-order chi connectivity index (χ0) is 12.0. The van der Waals surface area contributed by atoms with Crippen LogP contribution in [0.25, 0.3) is 0 Å². The fourth-order valence-corrected chi connectivity index (χ4v) is 1.04. The Morgan fingerprint density at radius 2 is 1.73 bits per heavy atom. The first-order chi connectivity index (χ1) is 6.84. The maximum atomic E-state index is 11.5. The summed E-state index contributed by atoms with van der Waals surface area (Å²) in [7, 11) is 0. The molecule has 0 aromatic carbocycles. The number of carbonyl (C=O) groups excluding carboxylic acids is 1. The zero-order valence-electron chi connectivity index (χ0n) is 10.4. The maximum absolute atomic E-state index is 11.5. The van der Waals surface area contributed by atoms with Gasteiger partial charge in [-0.3, -0.25) is 4.79 Å². The molecule has 0 radical (unpaired) electrons. The molecule has 90 valence electrons. The van der Waals surface area contributed by atoms with Gasteiger partial charge in [-0.05, 0) is 26.7 Å². The minimum atomic E-state index is -0.403. The summed E-state index contributed by atoms with van der Waals surface area (Å²) in [4.78, 5) is 11.5. The number of hydrogen-bond acceptors (Lipinski definition) is 3. The molecule has 0 aliphatic heterocycles. The second-order valence-corrected chi connectivity index (χ2v) is 4.60. The highest BCUT2D eigenvalue weighted by Gasteiger charge is 2.15. The molecule has 0 saturated carbocycles. The number of amides is 1. The van der Waals surface area contributed by atoms with E-state index in [9.17, 15) is 9.90 Å². The van der Waals surface area contributed by atoms with Crippen LogP contribution in [0.2, 0.25) is 0 Å². The molecule has 0 spiro atoms. The fraction of sp³-hybridized carbons (Fsp3) is 0.909. The Labute approximate surface area is 92.4 Å². The topological polar surface area (TPSA) is 61.4 Å². The average Bonchev–Trinajstić information content (AvgIpc) is 2.12. The van der Waals surface area contributed by atoms with E-state index in [0.717, 1.165) is 0 Å². The molecule has 4 heteroatoms. The number of aliphatic hydroxyl groups excluding tert-OH is 1. The van der Waals surface area contributed by atoms with Gasteiger partial charge in [0.2, 0.25) is 5.91 Å². The molecule has 0 aromatic rings. The van der Waals surface area contributed by atoms with Crippen molar-refractivity contribution < 1.29 is 9.90 Å². The van der Waals surface area contributed by atoms with Crippen molar-refractivity contribution in [2.24, 2.45) is 5.92 Å². The number of carbonyl (C=O) groups is 1. The van der Waals surface area contributed by atoms with E-state index >= 15 is 0 Å². The molecule has 0 aliphatic carbocycles. The first-order valence-electron chi connectivity index (χ1n) is 5.56. The summed E-state index contributed by atoms with van der Waals surface area (Å²) in [5, 5.41) is 15.4. The lowest BCUT2D eigenvalue weighted by atomic mass is 10.1. The third-order valence-corrected chi connectivity index (χ3v) is 2.23. The lowest BCUT2D eigenvalue weighted by Crippen LogP contribution is -2.47. The van der Waals surface area contributed by atoms with Gasteiger partial charge in [-0.2, -0.15) is 0 Å². The van der Waals surface area contributed by atoms with Crippen LogP contribution in [0.3, 0.4) is 0 Å². The summed E-state index contributed by atoms with van der Waals surface area (Å²) in [6, 6.07) is -0.113. The average molecular weight is 216 g/mol. The molecule has 3 N–H and O–H groups in total. The highest BCUT2D eigenvalue weighted by atomic mass is 16.3. The lowest BCUT2D eigenvalue weighted by molar-refractivity contribution is -0.123. The highest BCUT2D eigenvalue weighted by Crippen LogP contribution is 1.99. The quantitative estimate of drug-likeness (QED) is 0.606. The molecule has 0 rings (SSSR count). The Hall–Kier alpha value is -0.610. The summed E-state index contributed by atoms with van der Waals surface area (Å²) in [5.74, 6) is 0.179. The van der Waals surface area contributed by atoms with Crippen molar-refractivity contribution in [2.45, 2.75) is 52.8 Å². The molecule has 0 heterocycles. The van der Waals surface area contributed by atoms with E-state index in [1.165, 1.54) is 0 Å². The molecule has 1 amide bonds. The molecule has 2 unspecified atom stereocenters. The second-order valence-electron chi connectivity index (χ2n) is 4.60. The molecule has 0 aromatic heterocycles. The van der Waals surface area contributed by atoms with E-state index in [0.29, 0.717) is 6.54 Å². The van der Waals surface area contributed by atoms with E-state index in [4.69, 9.17) is 0 Å². The predicted molar refractivity (Wildman–Crippen MR) is 61.6 cm³/mol. The first kappa shape index (κ1) is 14.4. The standard InChI is InChI=1S/C11H24N2O2/c1-7(2)10(14)6-12-9(5)11(15)13-8(3)4/h7-10,12,14H,6H2,1-5H3,(H,13,15). The molecule has 0 bridgehead atoms. The van der Waals surface area contributed by atoms with Gasteiger partial charge in [-0.1, -0.05) is 13.8 Å². The van der Waals surface area contributed by atoms with E-state index in [-0.39, 0.29) is 23.9 Å². The SMILES string of the molecule is CC(C)NC(=O)C(C)NCC(O)C(C)C. The van der Waals surface area contributed by atoms with E-state index in [1.54, 1.807) is 6.92 Å². The number of rotatable bonds is 6. The van der Waals surface area contributed by atoms with Gasteiger partial charge in [0, 0.05) is 12.6 Å². The Morgan fingerprint density at radius 3 is 2.13 bits per heavy atom. The normalized spacial score (nSPS) is 15.5. The summed E-state index contributed by atoms with van der Waals surface area (Å²) < 4.78 is 0. The molecule has 0 aliphatic rings. The van der Waals surface area contributed by atoms with Crippen LogP contribution in [-0.4, -0.2) is 35.7 Å². The van der Waals surface area contributed by atoms with Crippen LogP contribution in [0, 0.1) is 5.92 Å². The van der Waals surface area contributed by atoms with Crippen molar-refractivity contribution in [1.29, 1.82) is 0 Å². The van der Waals surface area contributed by atoms with Gasteiger partial charge in [-0.15, -0.1) is 0 Å². The number of aliphatic hydroxyl groups is 1. The van der Waals surface area contributed by atoms with Crippen molar-refractivity contribution in [3.05, 3.63) is 0 Å². The van der Waals surface area contributed by atoms with Gasteiger partial charge in [0.25, 0.3) is 0 Å². The number of hydrogen-bond donors (Lipinski definition) is 3. The Bertz CT molecular complexity index is 193. The summed E-state index contributed by atoms with van der Waals surface area (Å²) in [5.41, 5.74) is 0. The third-order valence-electron chi connectivity index (χ3n) is 2.23. The van der Waals surface area contributed by atoms with Gasteiger partial charge in [0.1, 0.15) is 0 Å². The predicted octanol–water partition coefficient (Wildman–Crippen LogP) is 0.506. The first-order valence-corrected chi connectivity index (χ1v) is 5.56. The Morgan fingerprint density at radius 1 is 1.20 bits per heavy atom. The van der Waals surface area contributed by atoms with E-state index < -0.39 is 6.10 Å². The summed E-state index contributed by atoms with van der Waals surface area (Å²) in [6.45, 7) is 9.99. The van der Waals surface area contributed by atoms with Crippen LogP contribution in [0.4, 0.5) is 0 Å². The van der Waals surface area contributed by atoms with Gasteiger partial charge in [0.15, 0.2) is 0 Å². The van der Waals surface area contributed by atoms with Gasteiger partial charge >= 0.3 is 0 Å². The van der Waals surface area contributed by atoms with E-state index in [2.05, 4.69) is 10.6 Å². The summed E-state index contributed by atoms with van der Waals surface area (Å²) >= 11 is 0. The molecular formula is C11H24N2O2. The summed E-state index contributed by atoms with van der Waals surface area (Å²) in [6.07, 6.45) is -0.403. The highest BCUT2D eigenvalue weighted by molar-refractivity contribution is 5.81. The van der Waals surface area contributed by atoms with Gasteiger partial charge in [0.05, 0.1) is 12.1 Å². The smallest absolute Gasteiger partial charge is 0.237 e.